The van der Waals surface area contributed by atoms with Crippen molar-refractivity contribution in [2.24, 2.45) is 0 Å². The van der Waals surface area contributed by atoms with E-state index >= 15 is 0 Å². The molecule has 2 N–H and O–H groups in total. The van der Waals surface area contributed by atoms with E-state index in [2.05, 4.69) is 27.7 Å². The maximum Gasteiger partial charge on any atom is 0.238 e. The SMILES string of the molecule is Cl.O=C(CN1CCNCC1)Nc1cccc2ccccc12. The number of halogens is 1. The number of carbonyl (C=O) groups excluding carboxylic acids is 1. The van der Waals surface area contributed by atoms with E-state index in [0.717, 1.165) is 42.6 Å². The van der Waals surface area contributed by atoms with Crippen molar-refractivity contribution < 1.29 is 4.79 Å². The van der Waals surface area contributed by atoms with Crippen molar-refractivity contribution in [1.82, 2.24) is 10.2 Å². The van der Waals surface area contributed by atoms with Crippen LogP contribution < -0.4 is 10.6 Å². The van der Waals surface area contributed by atoms with Gasteiger partial charge in [-0.2, -0.15) is 0 Å². The zero-order valence-electron chi connectivity index (χ0n) is 11.8. The van der Waals surface area contributed by atoms with Crippen molar-refractivity contribution in [3.63, 3.8) is 0 Å². The Morgan fingerprint density at radius 2 is 1.81 bits per heavy atom. The first-order valence-corrected chi connectivity index (χ1v) is 7.03. The molecule has 5 heteroatoms. The lowest BCUT2D eigenvalue weighted by atomic mass is 10.1. The fourth-order valence-corrected chi connectivity index (χ4v) is 2.60. The third-order valence-corrected chi connectivity index (χ3v) is 3.64. The Kier molecular flexibility index (Phi) is 5.56. The van der Waals surface area contributed by atoms with Crippen molar-refractivity contribution in [2.45, 2.75) is 0 Å². The minimum absolute atomic E-state index is 0. The second-order valence-corrected chi connectivity index (χ2v) is 5.10. The van der Waals surface area contributed by atoms with Gasteiger partial charge in [-0.1, -0.05) is 36.4 Å². The summed E-state index contributed by atoms with van der Waals surface area (Å²) >= 11 is 0. The third-order valence-electron chi connectivity index (χ3n) is 3.64. The summed E-state index contributed by atoms with van der Waals surface area (Å²) in [6.07, 6.45) is 0. The Labute approximate surface area is 130 Å². The molecule has 0 aromatic heterocycles. The van der Waals surface area contributed by atoms with Crippen LogP contribution in [0.5, 0.6) is 0 Å². The molecule has 0 atom stereocenters. The number of benzene rings is 2. The van der Waals surface area contributed by atoms with Gasteiger partial charge in [-0.25, -0.2) is 0 Å². The monoisotopic (exact) mass is 305 g/mol. The van der Waals surface area contributed by atoms with E-state index in [1.807, 2.05) is 30.3 Å². The Balaban J connectivity index is 0.00000161. The van der Waals surface area contributed by atoms with Crippen LogP contribution in [0.1, 0.15) is 0 Å². The molecule has 1 aliphatic rings. The minimum atomic E-state index is 0. The molecule has 0 saturated carbocycles. The molecular weight excluding hydrogens is 286 g/mol. The second kappa shape index (κ2) is 7.41. The number of amides is 1. The van der Waals surface area contributed by atoms with Gasteiger partial charge >= 0.3 is 0 Å². The number of fused-ring (bicyclic) bond motifs is 1. The highest BCUT2D eigenvalue weighted by Crippen LogP contribution is 2.22. The average molecular weight is 306 g/mol. The quantitative estimate of drug-likeness (QED) is 0.913. The van der Waals surface area contributed by atoms with Crippen molar-refractivity contribution in [3.05, 3.63) is 42.5 Å². The van der Waals surface area contributed by atoms with Crippen molar-refractivity contribution in [3.8, 4) is 0 Å². The first-order valence-electron chi connectivity index (χ1n) is 7.03. The molecule has 1 amide bonds. The molecule has 112 valence electrons. The van der Waals surface area contributed by atoms with Crippen molar-refractivity contribution in [1.29, 1.82) is 0 Å². The summed E-state index contributed by atoms with van der Waals surface area (Å²) in [7, 11) is 0. The summed E-state index contributed by atoms with van der Waals surface area (Å²) in [5, 5.41) is 8.55. The maximum absolute atomic E-state index is 12.2. The largest absolute Gasteiger partial charge is 0.324 e. The number of carbonyl (C=O) groups is 1. The fourth-order valence-electron chi connectivity index (χ4n) is 2.60. The highest BCUT2D eigenvalue weighted by molar-refractivity contribution is 6.02. The van der Waals surface area contributed by atoms with Gasteiger partial charge in [-0.05, 0) is 11.5 Å². The van der Waals surface area contributed by atoms with Gasteiger partial charge in [-0.15, -0.1) is 12.4 Å². The molecule has 21 heavy (non-hydrogen) atoms. The predicted molar refractivity (Wildman–Crippen MR) is 89.1 cm³/mol. The van der Waals surface area contributed by atoms with Crippen LogP contribution in [0.4, 0.5) is 5.69 Å². The van der Waals surface area contributed by atoms with Gasteiger partial charge in [0.05, 0.1) is 6.54 Å². The van der Waals surface area contributed by atoms with Crippen LogP contribution in [0.2, 0.25) is 0 Å². The lowest BCUT2D eigenvalue weighted by Gasteiger charge is -2.26. The number of piperazine rings is 1. The number of hydrogen-bond acceptors (Lipinski definition) is 3. The van der Waals surface area contributed by atoms with Crippen LogP contribution in [0.3, 0.4) is 0 Å². The lowest BCUT2D eigenvalue weighted by molar-refractivity contribution is -0.117. The molecule has 1 fully saturated rings. The first-order chi connectivity index (χ1) is 9.83. The molecule has 2 aromatic rings. The summed E-state index contributed by atoms with van der Waals surface area (Å²) in [5.74, 6) is 0.0586. The molecule has 3 rings (SSSR count). The summed E-state index contributed by atoms with van der Waals surface area (Å²) in [6.45, 7) is 4.25. The van der Waals surface area contributed by atoms with Gasteiger partial charge in [0.15, 0.2) is 0 Å². The predicted octanol–water partition coefficient (Wildman–Crippen LogP) is 2.11. The fraction of sp³-hybridized carbons (Fsp3) is 0.312. The zero-order chi connectivity index (χ0) is 13.8. The van der Waals surface area contributed by atoms with Crippen LogP contribution in [-0.2, 0) is 4.79 Å². The van der Waals surface area contributed by atoms with E-state index in [4.69, 9.17) is 0 Å². The molecule has 1 heterocycles. The van der Waals surface area contributed by atoms with E-state index in [0.29, 0.717) is 6.54 Å². The number of hydrogen-bond donors (Lipinski definition) is 2. The van der Waals surface area contributed by atoms with Gasteiger partial charge in [-0.3, -0.25) is 9.69 Å². The second-order valence-electron chi connectivity index (χ2n) is 5.10. The Hall–Kier alpha value is -1.62. The van der Waals surface area contributed by atoms with Crippen molar-refractivity contribution in [2.75, 3.05) is 38.0 Å². The topological polar surface area (TPSA) is 44.4 Å². The Morgan fingerprint density at radius 3 is 2.62 bits per heavy atom. The van der Waals surface area contributed by atoms with Crippen molar-refractivity contribution >= 4 is 34.8 Å². The van der Waals surface area contributed by atoms with E-state index in [1.165, 1.54) is 0 Å². The Bertz CT molecular complexity index is 606. The van der Waals surface area contributed by atoms with Gasteiger partial charge in [0.2, 0.25) is 5.91 Å². The molecule has 2 aromatic carbocycles. The van der Waals surface area contributed by atoms with E-state index in [9.17, 15) is 4.79 Å². The third kappa shape index (κ3) is 3.94. The number of anilines is 1. The molecule has 0 aliphatic carbocycles. The molecule has 4 nitrogen and oxygen atoms in total. The maximum atomic E-state index is 12.2. The van der Waals surface area contributed by atoms with Crippen LogP contribution in [0.25, 0.3) is 10.8 Å². The smallest absolute Gasteiger partial charge is 0.238 e. The first kappa shape index (κ1) is 15.8. The summed E-state index contributed by atoms with van der Waals surface area (Å²) in [6, 6.07) is 14.1. The molecule has 1 saturated heterocycles. The highest BCUT2D eigenvalue weighted by Gasteiger charge is 2.14. The standard InChI is InChI=1S/C16H19N3O.ClH/c20-16(12-19-10-8-17-9-11-19)18-15-7-3-5-13-4-1-2-6-14(13)15;/h1-7,17H,8-12H2,(H,18,20);1H. The van der Waals surface area contributed by atoms with Gasteiger partial charge in [0, 0.05) is 37.3 Å². The minimum Gasteiger partial charge on any atom is -0.324 e. The molecule has 0 radical (unpaired) electrons. The zero-order valence-corrected chi connectivity index (χ0v) is 12.7. The molecular formula is C16H20ClN3O. The van der Waals surface area contributed by atoms with E-state index in [-0.39, 0.29) is 18.3 Å². The van der Waals surface area contributed by atoms with Crippen LogP contribution in [0.15, 0.2) is 42.5 Å². The normalized spacial score (nSPS) is 15.4. The molecule has 0 unspecified atom stereocenters. The summed E-state index contributed by atoms with van der Waals surface area (Å²) < 4.78 is 0. The average Bonchev–Trinajstić information content (AvgIpc) is 2.48. The number of rotatable bonds is 3. The Morgan fingerprint density at radius 1 is 1.10 bits per heavy atom. The highest BCUT2D eigenvalue weighted by atomic mass is 35.5. The van der Waals surface area contributed by atoms with Crippen LogP contribution >= 0.6 is 12.4 Å². The van der Waals surface area contributed by atoms with Crippen LogP contribution in [0, 0.1) is 0 Å². The van der Waals surface area contributed by atoms with Gasteiger partial charge in [0.25, 0.3) is 0 Å². The molecule has 0 spiro atoms. The van der Waals surface area contributed by atoms with Gasteiger partial charge < -0.3 is 10.6 Å². The van der Waals surface area contributed by atoms with E-state index < -0.39 is 0 Å². The summed E-state index contributed by atoms with van der Waals surface area (Å²) in [5.41, 5.74) is 0.892. The van der Waals surface area contributed by atoms with Crippen LogP contribution in [-0.4, -0.2) is 43.5 Å². The molecule has 1 aliphatic heterocycles. The summed E-state index contributed by atoms with van der Waals surface area (Å²) in [4.78, 5) is 14.3. The number of nitrogens with one attached hydrogen (secondary N) is 2. The number of nitrogens with zero attached hydrogens (tertiary/aromatic N) is 1. The lowest BCUT2D eigenvalue weighted by Crippen LogP contribution is -2.46. The molecule has 0 bridgehead atoms. The van der Waals surface area contributed by atoms with E-state index in [1.54, 1.807) is 0 Å². The van der Waals surface area contributed by atoms with Gasteiger partial charge in [0.1, 0.15) is 0 Å².